The predicted octanol–water partition coefficient (Wildman–Crippen LogP) is 3.09. The molecule has 0 saturated carbocycles. The number of benzene rings is 1. The summed E-state index contributed by atoms with van der Waals surface area (Å²) in [7, 11) is 1.68. The van der Waals surface area contributed by atoms with Crippen LogP contribution in [0.3, 0.4) is 0 Å². The number of carbonyl (C=O) groups excluding carboxylic acids is 2. The summed E-state index contributed by atoms with van der Waals surface area (Å²) in [4.78, 5) is 36.4. The Balaban J connectivity index is 1.60. The Morgan fingerprint density at radius 2 is 1.96 bits per heavy atom. The highest BCUT2D eigenvalue weighted by Crippen LogP contribution is 2.23. The van der Waals surface area contributed by atoms with Crippen molar-refractivity contribution in [3.63, 3.8) is 0 Å². The molecule has 0 bridgehead atoms. The van der Waals surface area contributed by atoms with Crippen molar-refractivity contribution in [2.24, 2.45) is 5.92 Å². The molecule has 140 valence electrons. The number of nitrogens with zero attached hydrogens (tertiary/aromatic N) is 4. The Bertz CT molecular complexity index is 836. The number of carbonyl (C=O) groups is 2. The van der Waals surface area contributed by atoms with Crippen LogP contribution in [0.1, 0.15) is 22.6 Å². The summed E-state index contributed by atoms with van der Waals surface area (Å²) in [6.07, 6.45) is 6.47. The zero-order valence-electron chi connectivity index (χ0n) is 15.1. The van der Waals surface area contributed by atoms with Crippen LogP contribution >= 0.6 is 15.9 Å². The van der Waals surface area contributed by atoms with Gasteiger partial charge in [0.05, 0.1) is 4.47 Å². The summed E-state index contributed by atoms with van der Waals surface area (Å²) in [5, 5.41) is 0. The maximum absolute atomic E-state index is 12.8. The zero-order chi connectivity index (χ0) is 19.4. The van der Waals surface area contributed by atoms with Gasteiger partial charge in [-0.05, 0) is 58.6 Å². The summed E-state index contributed by atoms with van der Waals surface area (Å²) in [5.41, 5.74) is 1.35. The van der Waals surface area contributed by atoms with Crippen molar-refractivity contribution >= 4 is 33.4 Å². The molecule has 27 heavy (non-hydrogen) atoms. The van der Waals surface area contributed by atoms with Gasteiger partial charge in [-0.3, -0.25) is 9.59 Å². The lowest BCUT2D eigenvalue weighted by Crippen LogP contribution is -2.29. The molecule has 1 atom stereocenters. The normalized spacial score (nSPS) is 16.2. The highest BCUT2D eigenvalue weighted by atomic mass is 79.9. The standard InChI is InChI=1S/C20H21BrN4O2/c1-3-19(26)24(2)17-6-4-15(5-7-17)20(27)25-9-8-14(13-25)10-18-22-11-16(21)12-23-18/h3-7,11-12,14H,1,8-10,13H2,2H3/t14-/m0/s1. The van der Waals surface area contributed by atoms with E-state index in [-0.39, 0.29) is 11.8 Å². The van der Waals surface area contributed by atoms with Crippen molar-refractivity contribution < 1.29 is 9.59 Å². The van der Waals surface area contributed by atoms with Gasteiger partial charge in [0.1, 0.15) is 5.82 Å². The average molecular weight is 429 g/mol. The molecule has 7 heteroatoms. The van der Waals surface area contributed by atoms with Crippen molar-refractivity contribution in [1.29, 1.82) is 0 Å². The largest absolute Gasteiger partial charge is 0.338 e. The lowest BCUT2D eigenvalue weighted by Gasteiger charge is -2.18. The van der Waals surface area contributed by atoms with E-state index < -0.39 is 0 Å². The number of hydrogen-bond acceptors (Lipinski definition) is 4. The van der Waals surface area contributed by atoms with E-state index in [1.807, 2.05) is 4.90 Å². The van der Waals surface area contributed by atoms with Gasteiger partial charge in [0.2, 0.25) is 5.91 Å². The molecule has 1 saturated heterocycles. The molecule has 0 unspecified atom stereocenters. The number of likely N-dealkylation sites (tertiary alicyclic amines) is 1. The summed E-state index contributed by atoms with van der Waals surface area (Å²) < 4.78 is 0.860. The van der Waals surface area contributed by atoms with Gasteiger partial charge in [-0.2, -0.15) is 0 Å². The number of halogens is 1. The molecule has 1 aromatic heterocycles. The fraction of sp³-hybridized carbons (Fsp3) is 0.300. The molecule has 0 N–H and O–H groups in total. The van der Waals surface area contributed by atoms with Crippen LogP contribution in [0.4, 0.5) is 5.69 Å². The molecule has 2 amide bonds. The second-order valence-electron chi connectivity index (χ2n) is 6.58. The van der Waals surface area contributed by atoms with Crippen LogP contribution in [0.25, 0.3) is 0 Å². The molecule has 3 rings (SSSR count). The van der Waals surface area contributed by atoms with Crippen LogP contribution in [0.2, 0.25) is 0 Å². The van der Waals surface area contributed by atoms with E-state index in [2.05, 4.69) is 32.5 Å². The molecule has 2 aromatic rings. The van der Waals surface area contributed by atoms with Gasteiger partial charge in [-0.25, -0.2) is 9.97 Å². The molecule has 0 radical (unpaired) electrons. The first-order chi connectivity index (χ1) is 13.0. The van der Waals surface area contributed by atoms with E-state index in [1.165, 1.54) is 11.0 Å². The monoisotopic (exact) mass is 428 g/mol. The Hall–Kier alpha value is -2.54. The van der Waals surface area contributed by atoms with Crippen molar-refractivity contribution in [2.45, 2.75) is 12.8 Å². The number of likely N-dealkylation sites (N-methyl/N-ethyl adjacent to an activating group) is 1. The van der Waals surface area contributed by atoms with Crippen LogP contribution in [-0.2, 0) is 11.2 Å². The molecule has 1 aliphatic heterocycles. The van der Waals surface area contributed by atoms with Gasteiger partial charge in [0.15, 0.2) is 0 Å². The molecule has 1 fully saturated rings. The van der Waals surface area contributed by atoms with E-state index in [4.69, 9.17) is 0 Å². The van der Waals surface area contributed by atoms with Gasteiger partial charge < -0.3 is 9.80 Å². The van der Waals surface area contributed by atoms with Crippen LogP contribution < -0.4 is 4.90 Å². The fourth-order valence-corrected chi connectivity index (χ4v) is 3.37. The first-order valence-corrected chi connectivity index (χ1v) is 9.53. The summed E-state index contributed by atoms with van der Waals surface area (Å²) in [6.45, 7) is 4.92. The Kier molecular flexibility index (Phi) is 6.01. The minimum Gasteiger partial charge on any atom is -0.338 e. The van der Waals surface area contributed by atoms with Gasteiger partial charge in [-0.15, -0.1) is 0 Å². The smallest absolute Gasteiger partial charge is 0.253 e. The fourth-order valence-electron chi connectivity index (χ4n) is 3.16. The highest BCUT2D eigenvalue weighted by molar-refractivity contribution is 9.10. The van der Waals surface area contributed by atoms with Crippen molar-refractivity contribution in [2.75, 3.05) is 25.0 Å². The van der Waals surface area contributed by atoms with Gasteiger partial charge >= 0.3 is 0 Å². The first-order valence-electron chi connectivity index (χ1n) is 8.74. The molecule has 0 spiro atoms. The third-order valence-corrected chi connectivity index (χ3v) is 5.13. The Labute approximate surface area is 167 Å². The van der Waals surface area contributed by atoms with E-state index in [9.17, 15) is 9.59 Å². The van der Waals surface area contributed by atoms with E-state index in [0.717, 1.165) is 35.4 Å². The van der Waals surface area contributed by atoms with Crippen LogP contribution in [0.5, 0.6) is 0 Å². The van der Waals surface area contributed by atoms with Crippen LogP contribution in [-0.4, -0.2) is 46.8 Å². The van der Waals surface area contributed by atoms with E-state index in [0.29, 0.717) is 18.0 Å². The van der Waals surface area contributed by atoms with E-state index >= 15 is 0 Å². The third-order valence-electron chi connectivity index (χ3n) is 4.72. The van der Waals surface area contributed by atoms with Crippen molar-refractivity contribution in [1.82, 2.24) is 14.9 Å². The van der Waals surface area contributed by atoms with Crippen LogP contribution in [0, 0.1) is 5.92 Å². The zero-order valence-corrected chi connectivity index (χ0v) is 16.7. The maximum Gasteiger partial charge on any atom is 0.253 e. The third kappa shape index (κ3) is 4.60. The number of rotatable bonds is 5. The van der Waals surface area contributed by atoms with Gasteiger partial charge in [0, 0.05) is 50.2 Å². The molecule has 6 nitrogen and oxygen atoms in total. The lowest BCUT2D eigenvalue weighted by atomic mass is 10.0. The molecular formula is C20H21BrN4O2. The number of hydrogen-bond donors (Lipinski definition) is 0. The Morgan fingerprint density at radius 3 is 2.59 bits per heavy atom. The molecule has 0 aliphatic carbocycles. The molecule has 2 heterocycles. The minimum atomic E-state index is -0.188. The SMILES string of the molecule is C=CC(=O)N(C)c1ccc(C(=O)N2CC[C@@H](Cc3ncc(Br)cn3)C2)cc1. The number of aromatic nitrogens is 2. The first kappa shape index (κ1) is 19.2. The quantitative estimate of drug-likeness (QED) is 0.686. The molecule has 1 aliphatic rings. The minimum absolute atomic E-state index is 0.0125. The average Bonchev–Trinajstić information content (AvgIpc) is 3.16. The second-order valence-corrected chi connectivity index (χ2v) is 7.49. The predicted molar refractivity (Wildman–Crippen MR) is 107 cm³/mol. The van der Waals surface area contributed by atoms with Crippen molar-refractivity contribution in [3.05, 3.63) is 65.2 Å². The second kappa shape index (κ2) is 8.43. The highest BCUT2D eigenvalue weighted by Gasteiger charge is 2.27. The Morgan fingerprint density at radius 1 is 1.30 bits per heavy atom. The maximum atomic E-state index is 12.8. The number of anilines is 1. The van der Waals surface area contributed by atoms with Crippen molar-refractivity contribution in [3.8, 4) is 0 Å². The van der Waals surface area contributed by atoms with Gasteiger partial charge in [-0.1, -0.05) is 6.58 Å². The summed E-state index contributed by atoms with van der Waals surface area (Å²) in [6, 6.07) is 7.07. The van der Waals surface area contributed by atoms with Gasteiger partial charge in [0.25, 0.3) is 5.91 Å². The molecular weight excluding hydrogens is 408 g/mol. The lowest BCUT2D eigenvalue weighted by molar-refractivity contribution is -0.113. The summed E-state index contributed by atoms with van der Waals surface area (Å²) >= 11 is 3.33. The topological polar surface area (TPSA) is 66.4 Å². The van der Waals surface area contributed by atoms with Crippen LogP contribution in [0.15, 0.2) is 53.8 Å². The number of amides is 2. The van der Waals surface area contributed by atoms with E-state index in [1.54, 1.807) is 43.7 Å². The summed E-state index contributed by atoms with van der Waals surface area (Å²) in [5.74, 6) is 0.993. The molecule has 1 aromatic carbocycles.